The van der Waals surface area contributed by atoms with Crippen molar-refractivity contribution >= 4 is 23.1 Å². The molecule has 0 aromatic heterocycles. The van der Waals surface area contributed by atoms with E-state index in [4.69, 9.17) is 23.1 Å². The second-order valence-electron chi connectivity index (χ2n) is 3.10. The second-order valence-corrected chi connectivity index (χ2v) is 3.58. The predicted octanol–water partition coefficient (Wildman–Crippen LogP) is -0.252. The van der Waals surface area contributed by atoms with Crippen molar-refractivity contribution in [3.05, 3.63) is 0 Å². The average Bonchev–Trinajstić information content (AvgIpc) is 2.12. The topological polar surface area (TPSA) is 66.6 Å². The van der Waals surface area contributed by atoms with Crippen LogP contribution in [0.4, 0.5) is 0 Å². The Morgan fingerprint density at radius 3 is 2.38 bits per heavy atom. The molecule has 0 bridgehead atoms. The molecule has 4 nitrogen and oxygen atoms in total. The van der Waals surface area contributed by atoms with Crippen molar-refractivity contribution in [2.45, 2.75) is 19.9 Å². The van der Waals surface area contributed by atoms with Gasteiger partial charge in [0.2, 0.25) is 5.91 Å². The molecular formula is C8H16N2O2S. The average molecular weight is 204 g/mol. The molecule has 1 amide bonds. The highest BCUT2D eigenvalue weighted by Crippen LogP contribution is 2.04. The SMILES string of the molecule is CC(C(=O)N(C)C(C)CO)C(N)=S. The molecule has 0 aliphatic heterocycles. The highest BCUT2D eigenvalue weighted by Gasteiger charge is 2.22. The summed E-state index contributed by atoms with van der Waals surface area (Å²) in [6.07, 6.45) is 0. The number of likely N-dealkylation sites (N-methyl/N-ethyl adjacent to an activating group) is 1. The number of aliphatic hydroxyl groups excluding tert-OH is 1. The van der Waals surface area contributed by atoms with E-state index in [9.17, 15) is 4.79 Å². The van der Waals surface area contributed by atoms with Gasteiger partial charge < -0.3 is 15.7 Å². The molecule has 0 saturated carbocycles. The van der Waals surface area contributed by atoms with Crippen molar-refractivity contribution < 1.29 is 9.90 Å². The highest BCUT2D eigenvalue weighted by molar-refractivity contribution is 7.80. The monoisotopic (exact) mass is 204 g/mol. The standard InChI is InChI=1S/C8H16N2O2S/c1-5(4-11)10(3)8(12)6(2)7(9)13/h5-6,11H,4H2,1-3H3,(H2,9,13). The van der Waals surface area contributed by atoms with Gasteiger partial charge in [0.1, 0.15) is 0 Å². The fraction of sp³-hybridized carbons (Fsp3) is 0.750. The lowest BCUT2D eigenvalue weighted by molar-refractivity contribution is -0.134. The van der Waals surface area contributed by atoms with Crippen molar-refractivity contribution in [3.8, 4) is 0 Å². The van der Waals surface area contributed by atoms with Crippen LogP contribution < -0.4 is 5.73 Å². The van der Waals surface area contributed by atoms with Gasteiger partial charge in [0.15, 0.2) is 0 Å². The number of rotatable bonds is 4. The van der Waals surface area contributed by atoms with Crippen LogP contribution in [0.25, 0.3) is 0 Å². The number of aliphatic hydroxyl groups is 1. The maximum absolute atomic E-state index is 11.5. The number of thiocarbonyl (C=S) groups is 1. The van der Waals surface area contributed by atoms with Gasteiger partial charge in [-0.1, -0.05) is 12.2 Å². The number of nitrogens with two attached hydrogens (primary N) is 1. The lowest BCUT2D eigenvalue weighted by Gasteiger charge is -2.25. The van der Waals surface area contributed by atoms with Crippen LogP contribution in [0.1, 0.15) is 13.8 Å². The van der Waals surface area contributed by atoms with E-state index in [0.29, 0.717) is 0 Å². The van der Waals surface area contributed by atoms with Crippen molar-refractivity contribution in [1.82, 2.24) is 4.90 Å². The molecule has 0 spiro atoms. The van der Waals surface area contributed by atoms with E-state index in [1.165, 1.54) is 4.90 Å². The van der Waals surface area contributed by atoms with Crippen LogP contribution in [0.5, 0.6) is 0 Å². The molecule has 0 aromatic carbocycles. The Morgan fingerprint density at radius 1 is 1.62 bits per heavy atom. The van der Waals surface area contributed by atoms with Crippen LogP contribution in [0.3, 0.4) is 0 Å². The zero-order chi connectivity index (χ0) is 10.6. The van der Waals surface area contributed by atoms with Crippen LogP contribution >= 0.6 is 12.2 Å². The molecule has 13 heavy (non-hydrogen) atoms. The molecule has 2 unspecified atom stereocenters. The first kappa shape index (κ1) is 12.3. The van der Waals surface area contributed by atoms with Crippen LogP contribution in [0.2, 0.25) is 0 Å². The van der Waals surface area contributed by atoms with Gasteiger partial charge >= 0.3 is 0 Å². The minimum Gasteiger partial charge on any atom is -0.394 e. The van der Waals surface area contributed by atoms with Crippen molar-refractivity contribution in [2.24, 2.45) is 11.7 Å². The summed E-state index contributed by atoms with van der Waals surface area (Å²) in [4.78, 5) is 13.2. The first-order chi connectivity index (χ1) is 5.91. The van der Waals surface area contributed by atoms with Crippen LogP contribution in [0, 0.1) is 5.92 Å². The van der Waals surface area contributed by atoms with Gasteiger partial charge in [-0.05, 0) is 13.8 Å². The Hall–Kier alpha value is -0.680. The van der Waals surface area contributed by atoms with Crippen LogP contribution in [-0.4, -0.2) is 40.6 Å². The summed E-state index contributed by atoms with van der Waals surface area (Å²) >= 11 is 4.70. The van der Waals surface area contributed by atoms with Crippen molar-refractivity contribution in [3.63, 3.8) is 0 Å². The third-order valence-electron chi connectivity index (χ3n) is 2.07. The molecule has 0 aliphatic rings. The quantitative estimate of drug-likeness (QED) is 0.620. The van der Waals surface area contributed by atoms with Gasteiger partial charge in [0, 0.05) is 7.05 Å². The number of amides is 1. The molecule has 0 aliphatic carbocycles. The zero-order valence-corrected chi connectivity index (χ0v) is 8.97. The fourth-order valence-electron chi connectivity index (χ4n) is 0.767. The van der Waals surface area contributed by atoms with Gasteiger partial charge in [-0.3, -0.25) is 4.79 Å². The Labute approximate surface area is 83.7 Å². The number of nitrogens with zero attached hydrogens (tertiary/aromatic N) is 1. The van der Waals surface area contributed by atoms with E-state index in [0.717, 1.165) is 0 Å². The normalized spacial score (nSPS) is 14.8. The smallest absolute Gasteiger partial charge is 0.232 e. The summed E-state index contributed by atoms with van der Waals surface area (Å²) in [5.74, 6) is -0.622. The van der Waals surface area contributed by atoms with Gasteiger partial charge in [0.25, 0.3) is 0 Å². The van der Waals surface area contributed by atoms with E-state index in [2.05, 4.69) is 0 Å². The Kier molecular flexibility index (Phi) is 4.87. The second kappa shape index (κ2) is 5.14. The minimum atomic E-state index is -0.464. The van der Waals surface area contributed by atoms with Crippen LogP contribution in [0.15, 0.2) is 0 Å². The summed E-state index contributed by atoms with van der Waals surface area (Å²) in [6, 6.07) is -0.204. The molecule has 0 heterocycles. The summed E-state index contributed by atoms with van der Waals surface area (Å²) in [7, 11) is 1.62. The van der Waals surface area contributed by atoms with E-state index < -0.39 is 5.92 Å². The molecule has 76 valence electrons. The molecule has 0 rings (SSSR count). The van der Waals surface area contributed by atoms with Crippen molar-refractivity contribution in [2.75, 3.05) is 13.7 Å². The summed E-state index contributed by atoms with van der Waals surface area (Å²) in [5, 5.41) is 8.82. The summed E-state index contributed by atoms with van der Waals surface area (Å²) in [6.45, 7) is 3.35. The molecule has 0 fully saturated rings. The third-order valence-corrected chi connectivity index (χ3v) is 2.42. The van der Waals surface area contributed by atoms with E-state index in [1.54, 1.807) is 20.9 Å². The molecule has 3 N–H and O–H groups in total. The highest BCUT2D eigenvalue weighted by atomic mass is 32.1. The molecule has 0 saturated heterocycles. The Bertz CT molecular complexity index is 208. The first-order valence-corrected chi connectivity index (χ1v) is 4.49. The Balaban J connectivity index is 4.33. The summed E-state index contributed by atoms with van der Waals surface area (Å²) in [5.41, 5.74) is 5.34. The third kappa shape index (κ3) is 3.28. The zero-order valence-electron chi connectivity index (χ0n) is 8.15. The maximum atomic E-state index is 11.5. The molecular weight excluding hydrogens is 188 g/mol. The minimum absolute atomic E-state index is 0.0632. The number of hydrogen-bond donors (Lipinski definition) is 2. The van der Waals surface area contributed by atoms with Gasteiger partial charge in [-0.25, -0.2) is 0 Å². The van der Waals surface area contributed by atoms with Crippen molar-refractivity contribution in [1.29, 1.82) is 0 Å². The van der Waals surface area contributed by atoms with E-state index in [1.807, 2.05) is 0 Å². The number of carbonyl (C=O) groups is 1. The lowest BCUT2D eigenvalue weighted by atomic mass is 10.1. The molecule has 0 aromatic rings. The number of hydrogen-bond acceptors (Lipinski definition) is 3. The lowest BCUT2D eigenvalue weighted by Crippen LogP contribution is -2.43. The van der Waals surface area contributed by atoms with Crippen LogP contribution in [-0.2, 0) is 4.79 Å². The maximum Gasteiger partial charge on any atom is 0.232 e. The summed E-state index contributed by atoms with van der Waals surface area (Å²) < 4.78 is 0. The largest absolute Gasteiger partial charge is 0.394 e. The molecule has 2 atom stereocenters. The van der Waals surface area contributed by atoms with E-state index >= 15 is 0 Å². The predicted molar refractivity (Wildman–Crippen MR) is 55.3 cm³/mol. The fourth-order valence-corrected chi connectivity index (χ4v) is 0.868. The number of carbonyl (C=O) groups excluding carboxylic acids is 1. The Morgan fingerprint density at radius 2 is 2.08 bits per heavy atom. The van der Waals surface area contributed by atoms with Gasteiger partial charge in [0.05, 0.1) is 23.6 Å². The molecule has 0 radical (unpaired) electrons. The molecule has 5 heteroatoms. The van der Waals surface area contributed by atoms with Gasteiger partial charge in [-0.15, -0.1) is 0 Å². The first-order valence-electron chi connectivity index (χ1n) is 4.08. The van der Waals surface area contributed by atoms with E-state index in [-0.39, 0.29) is 23.5 Å². The van der Waals surface area contributed by atoms with Gasteiger partial charge in [-0.2, -0.15) is 0 Å².